The minimum atomic E-state index is -0.722. The molecular formula is C14H15NO3. The summed E-state index contributed by atoms with van der Waals surface area (Å²) in [5, 5.41) is 8.94. The minimum Gasteiger partial charge on any atom is -0.481 e. The van der Waals surface area contributed by atoms with Crippen molar-refractivity contribution < 1.29 is 14.6 Å². The molecule has 2 aliphatic rings. The first-order valence-electron chi connectivity index (χ1n) is 6.20. The van der Waals surface area contributed by atoms with E-state index in [0.717, 1.165) is 30.5 Å². The molecule has 1 aliphatic heterocycles. The molecule has 0 bridgehead atoms. The Morgan fingerprint density at radius 2 is 2.06 bits per heavy atom. The molecule has 0 saturated heterocycles. The fourth-order valence-corrected chi connectivity index (χ4v) is 2.48. The average Bonchev–Trinajstić information content (AvgIpc) is 2.93. The number of carboxylic acid groups (broad SMARTS) is 1. The molecular weight excluding hydrogens is 230 g/mol. The molecule has 0 spiro atoms. The van der Waals surface area contributed by atoms with Crippen molar-refractivity contribution >= 4 is 11.9 Å². The van der Waals surface area contributed by atoms with Crippen molar-refractivity contribution in [3.63, 3.8) is 0 Å². The first-order valence-corrected chi connectivity index (χ1v) is 6.20. The molecule has 4 heteroatoms. The Morgan fingerprint density at radius 3 is 2.56 bits per heavy atom. The predicted octanol–water partition coefficient (Wildman–Crippen LogP) is 1.97. The summed E-state index contributed by atoms with van der Waals surface area (Å²) in [6.07, 6.45) is 2.16. The van der Waals surface area contributed by atoms with E-state index in [-0.39, 0.29) is 11.8 Å². The summed E-state index contributed by atoms with van der Waals surface area (Å²) in [4.78, 5) is 15.1. The van der Waals surface area contributed by atoms with Crippen LogP contribution in [-0.2, 0) is 14.9 Å². The van der Waals surface area contributed by atoms with Gasteiger partial charge in [0.15, 0.2) is 0 Å². The van der Waals surface area contributed by atoms with E-state index < -0.39 is 5.97 Å². The zero-order chi connectivity index (χ0) is 12.6. The summed E-state index contributed by atoms with van der Waals surface area (Å²) in [6, 6.07) is 7.97. The monoisotopic (exact) mass is 245 g/mol. The molecule has 1 saturated carbocycles. The maximum absolute atomic E-state index is 10.9. The Labute approximate surface area is 105 Å². The van der Waals surface area contributed by atoms with E-state index in [0.29, 0.717) is 12.5 Å². The lowest BCUT2D eigenvalue weighted by Gasteiger charge is -2.13. The first-order chi connectivity index (χ1) is 8.70. The maximum Gasteiger partial charge on any atom is 0.304 e. The molecule has 0 unspecified atom stereocenters. The number of ether oxygens (including phenoxy) is 1. The van der Waals surface area contributed by atoms with Gasteiger partial charge in [0.05, 0.1) is 13.0 Å². The molecule has 0 atom stereocenters. The van der Waals surface area contributed by atoms with Crippen molar-refractivity contribution in [3.05, 3.63) is 35.4 Å². The van der Waals surface area contributed by atoms with Gasteiger partial charge in [0, 0.05) is 11.0 Å². The molecule has 1 fully saturated rings. The molecule has 4 nitrogen and oxygen atoms in total. The second-order valence-corrected chi connectivity index (χ2v) is 4.96. The number of rotatable bonds is 4. The van der Waals surface area contributed by atoms with E-state index in [1.54, 1.807) is 0 Å². The van der Waals surface area contributed by atoms with E-state index in [1.807, 2.05) is 24.3 Å². The number of carbonyl (C=O) groups is 1. The van der Waals surface area contributed by atoms with Crippen LogP contribution in [0.1, 0.15) is 30.4 Å². The third-order valence-corrected chi connectivity index (χ3v) is 3.67. The van der Waals surface area contributed by atoms with Crippen molar-refractivity contribution in [3.8, 4) is 0 Å². The molecule has 1 heterocycles. The third-order valence-electron chi connectivity index (χ3n) is 3.67. The Hall–Kier alpha value is -1.84. The van der Waals surface area contributed by atoms with Gasteiger partial charge >= 0.3 is 5.97 Å². The van der Waals surface area contributed by atoms with Gasteiger partial charge in [-0.1, -0.05) is 12.1 Å². The largest absolute Gasteiger partial charge is 0.481 e. The van der Waals surface area contributed by atoms with Gasteiger partial charge in [0.25, 0.3) is 0 Å². The van der Waals surface area contributed by atoms with Crippen LogP contribution in [0.15, 0.2) is 29.3 Å². The fraction of sp³-hybridized carbons (Fsp3) is 0.429. The summed E-state index contributed by atoms with van der Waals surface area (Å²) in [6.45, 7) is 1.38. The van der Waals surface area contributed by atoms with E-state index in [1.165, 1.54) is 0 Å². The average molecular weight is 245 g/mol. The summed E-state index contributed by atoms with van der Waals surface area (Å²) in [5.41, 5.74) is 1.97. The van der Waals surface area contributed by atoms with Crippen LogP contribution in [0.25, 0.3) is 0 Å². The summed E-state index contributed by atoms with van der Waals surface area (Å²) < 4.78 is 5.40. The molecule has 1 aromatic rings. The molecule has 1 aromatic carbocycles. The third kappa shape index (κ3) is 1.98. The standard InChI is InChI=1S/C14H15NO3/c16-12(17)9-14(5-6-14)11-3-1-10(2-4-11)13-15-7-8-18-13/h1-4H,5-9H2,(H,16,17). The van der Waals surface area contributed by atoms with Crippen molar-refractivity contribution in [2.24, 2.45) is 4.99 Å². The lowest BCUT2D eigenvalue weighted by molar-refractivity contribution is -0.137. The number of carboxylic acids is 1. The minimum absolute atomic E-state index is 0.122. The van der Waals surface area contributed by atoms with Crippen LogP contribution in [0.2, 0.25) is 0 Å². The zero-order valence-electron chi connectivity index (χ0n) is 10.1. The van der Waals surface area contributed by atoms with Crippen molar-refractivity contribution in [2.75, 3.05) is 13.2 Å². The number of hydrogen-bond donors (Lipinski definition) is 1. The van der Waals surface area contributed by atoms with Crippen molar-refractivity contribution in [1.82, 2.24) is 0 Å². The van der Waals surface area contributed by atoms with Gasteiger partial charge in [-0.25, -0.2) is 4.99 Å². The number of aliphatic imine (C=N–C) groups is 1. The molecule has 18 heavy (non-hydrogen) atoms. The molecule has 0 amide bonds. The Kier molecular flexibility index (Phi) is 2.58. The highest BCUT2D eigenvalue weighted by Gasteiger charge is 2.45. The van der Waals surface area contributed by atoms with Crippen molar-refractivity contribution in [1.29, 1.82) is 0 Å². The van der Waals surface area contributed by atoms with Crippen LogP contribution in [0.4, 0.5) is 0 Å². The van der Waals surface area contributed by atoms with Crippen LogP contribution < -0.4 is 0 Å². The first kappa shape index (κ1) is 11.3. The molecule has 1 N–H and O–H groups in total. The number of hydrogen-bond acceptors (Lipinski definition) is 3. The van der Waals surface area contributed by atoms with Gasteiger partial charge < -0.3 is 9.84 Å². The van der Waals surface area contributed by atoms with Crippen LogP contribution in [0.5, 0.6) is 0 Å². The summed E-state index contributed by atoms with van der Waals surface area (Å²) >= 11 is 0. The highest BCUT2D eigenvalue weighted by molar-refractivity contribution is 5.95. The second-order valence-electron chi connectivity index (χ2n) is 4.96. The maximum atomic E-state index is 10.9. The van der Waals surface area contributed by atoms with Gasteiger partial charge in [-0.15, -0.1) is 0 Å². The lowest BCUT2D eigenvalue weighted by atomic mass is 9.92. The predicted molar refractivity (Wildman–Crippen MR) is 67.0 cm³/mol. The summed E-state index contributed by atoms with van der Waals surface area (Å²) in [7, 11) is 0. The molecule has 1 aliphatic carbocycles. The van der Waals surface area contributed by atoms with Gasteiger partial charge in [0.2, 0.25) is 5.90 Å². The van der Waals surface area contributed by atoms with E-state index >= 15 is 0 Å². The Morgan fingerprint density at radius 1 is 1.33 bits per heavy atom. The van der Waals surface area contributed by atoms with E-state index in [4.69, 9.17) is 9.84 Å². The quantitative estimate of drug-likeness (QED) is 0.882. The fourth-order valence-electron chi connectivity index (χ4n) is 2.48. The van der Waals surface area contributed by atoms with Crippen LogP contribution in [0, 0.1) is 0 Å². The number of nitrogens with zero attached hydrogens (tertiary/aromatic N) is 1. The van der Waals surface area contributed by atoms with Crippen molar-refractivity contribution in [2.45, 2.75) is 24.7 Å². The Balaban J connectivity index is 1.81. The zero-order valence-corrected chi connectivity index (χ0v) is 10.1. The van der Waals surface area contributed by atoms with Gasteiger partial charge in [-0.3, -0.25) is 4.79 Å². The molecule has 0 radical (unpaired) electrons. The normalized spacial score (nSPS) is 20.1. The highest BCUT2D eigenvalue weighted by atomic mass is 16.5. The van der Waals surface area contributed by atoms with Crippen LogP contribution in [-0.4, -0.2) is 30.1 Å². The Bertz CT molecular complexity index is 500. The number of aliphatic carboxylic acids is 1. The van der Waals surface area contributed by atoms with Gasteiger partial charge in [-0.2, -0.15) is 0 Å². The van der Waals surface area contributed by atoms with Crippen LogP contribution in [0.3, 0.4) is 0 Å². The number of benzene rings is 1. The molecule has 94 valence electrons. The van der Waals surface area contributed by atoms with Gasteiger partial charge in [0.1, 0.15) is 6.61 Å². The lowest BCUT2D eigenvalue weighted by Crippen LogP contribution is -2.13. The van der Waals surface area contributed by atoms with Gasteiger partial charge in [-0.05, 0) is 30.5 Å². The second kappa shape index (κ2) is 4.12. The van der Waals surface area contributed by atoms with E-state index in [2.05, 4.69) is 4.99 Å². The topological polar surface area (TPSA) is 58.9 Å². The molecule has 3 rings (SSSR count). The SMILES string of the molecule is O=C(O)CC1(c2ccc(C3=NCCO3)cc2)CC1. The summed E-state index contributed by atoms with van der Waals surface area (Å²) in [5.74, 6) is -0.0234. The van der Waals surface area contributed by atoms with E-state index in [9.17, 15) is 4.79 Å². The van der Waals surface area contributed by atoms with Crippen LogP contribution >= 0.6 is 0 Å². The highest BCUT2D eigenvalue weighted by Crippen LogP contribution is 2.51. The smallest absolute Gasteiger partial charge is 0.304 e. The molecule has 0 aromatic heterocycles.